The molecule has 0 heterocycles. The Bertz CT molecular complexity index is 487. The Kier molecular flexibility index (Phi) is 3.07. The van der Waals surface area contributed by atoms with Gasteiger partial charge in [0.25, 0.3) is 0 Å². The van der Waals surface area contributed by atoms with Gasteiger partial charge in [-0.3, -0.25) is 4.79 Å². The lowest BCUT2D eigenvalue weighted by Gasteiger charge is -2.08. The number of carbonyl (C=O) groups excluding carboxylic acids is 1. The number of carboxylic acids is 1. The summed E-state index contributed by atoms with van der Waals surface area (Å²) in [5, 5.41) is 12.0. The maximum absolute atomic E-state index is 11.7. The van der Waals surface area contributed by atoms with Crippen molar-refractivity contribution in [3.8, 4) is 0 Å². The van der Waals surface area contributed by atoms with Gasteiger partial charge >= 0.3 is 5.97 Å². The summed E-state index contributed by atoms with van der Waals surface area (Å²) in [6.45, 7) is 1.99. The number of rotatable bonds is 3. The predicted molar refractivity (Wildman–Crippen MR) is 64.3 cm³/mol. The van der Waals surface area contributed by atoms with Crippen LogP contribution in [0.3, 0.4) is 0 Å². The van der Waals surface area contributed by atoms with Crippen molar-refractivity contribution < 1.29 is 14.7 Å². The lowest BCUT2D eigenvalue weighted by Crippen LogP contribution is -2.16. The average molecular weight is 254 g/mol. The van der Waals surface area contributed by atoms with Crippen LogP contribution in [0.15, 0.2) is 18.2 Å². The largest absolute Gasteiger partial charge is 0.478 e. The minimum atomic E-state index is -1.10. The highest BCUT2D eigenvalue weighted by atomic mass is 35.5. The molecule has 2 atom stereocenters. The predicted octanol–water partition coefficient (Wildman–Crippen LogP) is 2.63. The van der Waals surface area contributed by atoms with E-state index >= 15 is 0 Å². The van der Waals surface area contributed by atoms with E-state index in [-0.39, 0.29) is 17.4 Å². The van der Waals surface area contributed by atoms with Gasteiger partial charge in [-0.05, 0) is 30.5 Å². The molecule has 4 nitrogen and oxygen atoms in total. The van der Waals surface area contributed by atoms with Gasteiger partial charge in [0.15, 0.2) is 0 Å². The zero-order chi connectivity index (χ0) is 12.6. The Hall–Kier alpha value is -1.55. The van der Waals surface area contributed by atoms with Crippen LogP contribution in [0, 0.1) is 11.8 Å². The van der Waals surface area contributed by atoms with Crippen molar-refractivity contribution in [2.24, 2.45) is 11.8 Å². The number of hydrogen-bond donors (Lipinski definition) is 2. The molecule has 0 spiro atoms. The molecule has 1 saturated carbocycles. The first-order chi connectivity index (χ1) is 7.99. The third-order valence-corrected chi connectivity index (χ3v) is 3.15. The van der Waals surface area contributed by atoms with Crippen LogP contribution in [0.25, 0.3) is 0 Å². The van der Waals surface area contributed by atoms with E-state index in [0.29, 0.717) is 16.6 Å². The Balaban J connectivity index is 2.20. The third-order valence-electron chi connectivity index (χ3n) is 2.92. The average Bonchev–Trinajstić information content (AvgIpc) is 2.98. The summed E-state index contributed by atoms with van der Waals surface area (Å²) in [5.74, 6) is -0.836. The number of carbonyl (C=O) groups is 2. The minimum absolute atomic E-state index is 0.00678. The summed E-state index contributed by atoms with van der Waals surface area (Å²) in [7, 11) is 0. The second-order valence-electron chi connectivity index (χ2n) is 4.30. The van der Waals surface area contributed by atoms with Crippen molar-refractivity contribution in [1.29, 1.82) is 0 Å². The first kappa shape index (κ1) is 11.9. The molecule has 2 rings (SSSR count). The Morgan fingerprint density at radius 1 is 1.47 bits per heavy atom. The number of carboxylic acid groups (broad SMARTS) is 1. The van der Waals surface area contributed by atoms with Crippen molar-refractivity contribution in [2.45, 2.75) is 13.3 Å². The number of benzene rings is 1. The summed E-state index contributed by atoms with van der Waals surface area (Å²) >= 11 is 5.72. The van der Waals surface area contributed by atoms with Crippen LogP contribution in [-0.4, -0.2) is 17.0 Å². The highest BCUT2D eigenvalue weighted by molar-refractivity contribution is 6.31. The van der Waals surface area contributed by atoms with E-state index in [0.717, 1.165) is 6.42 Å². The molecule has 1 aliphatic rings. The van der Waals surface area contributed by atoms with Gasteiger partial charge < -0.3 is 10.4 Å². The quantitative estimate of drug-likeness (QED) is 0.870. The van der Waals surface area contributed by atoms with Gasteiger partial charge in [-0.2, -0.15) is 0 Å². The van der Waals surface area contributed by atoms with Crippen LogP contribution in [0.5, 0.6) is 0 Å². The van der Waals surface area contributed by atoms with E-state index in [9.17, 15) is 9.59 Å². The normalized spacial score (nSPS) is 22.0. The van der Waals surface area contributed by atoms with Crippen molar-refractivity contribution >= 4 is 29.2 Å². The summed E-state index contributed by atoms with van der Waals surface area (Å²) in [4.78, 5) is 22.7. The van der Waals surface area contributed by atoms with Crippen molar-refractivity contribution in [2.75, 3.05) is 5.32 Å². The highest BCUT2D eigenvalue weighted by Crippen LogP contribution is 2.38. The molecule has 90 valence electrons. The molecule has 0 bridgehead atoms. The molecular weight excluding hydrogens is 242 g/mol. The molecule has 0 aliphatic heterocycles. The number of amides is 1. The van der Waals surface area contributed by atoms with Crippen molar-refractivity contribution in [3.63, 3.8) is 0 Å². The maximum atomic E-state index is 11.7. The van der Waals surface area contributed by atoms with E-state index in [1.54, 1.807) is 6.07 Å². The Morgan fingerprint density at radius 3 is 2.65 bits per heavy atom. The number of halogens is 1. The molecule has 0 aromatic heterocycles. The fourth-order valence-corrected chi connectivity index (χ4v) is 1.89. The zero-order valence-corrected chi connectivity index (χ0v) is 9.99. The smallest absolute Gasteiger partial charge is 0.337 e. The van der Waals surface area contributed by atoms with Crippen LogP contribution in [0.1, 0.15) is 23.7 Å². The van der Waals surface area contributed by atoms with Gasteiger partial charge in [0, 0.05) is 10.9 Å². The molecule has 1 amide bonds. The molecule has 1 aromatic carbocycles. The number of anilines is 1. The number of hydrogen-bond acceptors (Lipinski definition) is 2. The van der Waals surface area contributed by atoms with Crippen LogP contribution in [0.4, 0.5) is 5.69 Å². The first-order valence-corrected chi connectivity index (χ1v) is 5.70. The second-order valence-corrected chi connectivity index (χ2v) is 4.74. The fourth-order valence-electron chi connectivity index (χ4n) is 1.72. The third kappa shape index (κ3) is 2.58. The minimum Gasteiger partial charge on any atom is -0.478 e. The molecule has 2 unspecified atom stereocenters. The summed E-state index contributed by atoms with van der Waals surface area (Å²) in [6.07, 6.45) is 0.863. The van der Waals surface area contributed by atoms with Crippen LogP contribution in [-0.2, 0) is 4.79 Å². The summed E-state index contributed by atoms with van der Waals surface area (Å²) < 4.78 is 0. The monoisotopic (exact) mass is 253 g/mol. The van der Waals surface area contributed by atoms with E-state index < -0.39 is 5.97 Å². The number of nitrogens with one attached hydrogen (secondary N) is 1. The SMILES string of the molecule is CC1CC1C(=O)Nc1ccc(Cl)cc1C(=O)O. The van der Waals surface area contributed by atoms with Gasteiger partial charge in [0.2, 0.25) is 5.91 Å². The maximum Gasteiger partial charge on any atom is 0.337 e. The van der Waals surface area contributed by atoms with Crippen LogP contribution >= 0.6 is 11.6 Å². The molecule has 1 aromatic rings. The van der Waals surface area contributed by atoms with Crippen molar-refractivity contribution in [3.05, 3.63) is 28.8 Å². The standard InChI is InChI=1S/C12H12ClNO3/c1-6-4-8(6)11(15)14-10-3-2-7(13)5-9(10)12(16)17/h2-3,5-6,8H,4H2,1H3,(H,14,15)(H,16,17). The van der Waals surface area contributed by atoms with Gasteiger partial charge in [-0.25, -0.2) is 4.79 Å². The molecule has 0 saturated heterocycles. The second kappa shape index (κ2) is 4.37. The molecule has 5 heteroatoms. The molecule has 1 fully saturated rings. The molecule has 2 N–H and O–H groups in total. The molecule has 1 aliphatic carbocycles. The Morgan fingerprint density at radius 2 is 2.12 bits per heavy atom. The summed E-state index contributed by atoms with van der Waals surface area (Å²) in [5.41, 5.74) is 0.310. The van der Waals surface area contributed by atoms with Gasteiger partial charge in [0.1, 0.15) is 0 Å². The molecular formula is C12H12ClNO3. The summed E-state index contributed by atoms with van der Waals surface area (Å²) in [6, 6.07) is 4.40. The lowest BCUT2D eigenvalue weighted by atomic mass is 10.1. The van der Waals surface area contributed by atoms with E-state index in [2.05, 4.69) is 5.32 Å². The van der Waals surface area contributed by atoms with E-state index in [1.807, 2.05) is 6.92 Å². The fraction of sp³-hybridized carbons (Fsp3) is 0.333. The topological polar surface area (TPSA) is 66.4 Å². The van der Waals surface area contributed by atoms with Gasteiger partial charge in [-0.1, -0.05) is 18.5 Å². The van der Waals surface area contributed by atoms with Crippen LogP contribution < -0.4 is 5.32 Å². The van der Waals surface area contributed by atoms with Gasteiger partial charge in [0.05, 0.1) is 11.3 Å². The molecule has 0 radical (unpaired) electrons. The Labute approximate surface area is 104 Å². The van der Waals surface area contributed by atoms with Gasteiger partial charge in [-0.15, -0.1) is 0 Å². The first-order valence-electron chi connectivity index (χ1n) is 5.32. The van der Waals surface area contributed by atoms with Crippen molar-refractivity contribution in [1.82, 2.24) is 0 Å². The molecule has 17 heavy (non-hydrogen) atoms. The van der Waals surface area contributed by atoms with E-state index in [1.165, 1.54) is 12.1 Å². The number of aromatic carboxylic acids is 1. The highest BCUT2D eigenvalue weighted by Gasteiger charge is 2.39. The van der Waals surface area contributed by atoms with Crippen LogP contribution in [0.2, 0.25) is 5.02 Å². The zero-order valence-electron chi connectivity index (χ0n) is 9.24. The van der Waals surface area contributed by atoms with E-state index in [4.69, 9.17) is 16.7 Å². The lowest BCUT2D eigenvalue weighted by molar-refractivity contribution is -0.117.